The van der Waals surface area contributed by atoms with E-state index < -0.39 is 33.1 Å². The number of hydrogen-bond donors (Lipinski definition) is 2. The molecule has 0 heterocycles. The minimum absolute atomic E-state index is 0. The van der Waals surface area contributed by atoms with Gasteiger partial charge in [0.25, 0.3) is 0 Å². The predicted octanol–water partition coefficient (Wildman–Crippen LogP) is 1.15. The molecule has 2 N–H and O–H groups in total. The molecule has 0 aromatic heterocycles. The van der Waals surface area contributed by atoms with Crippen LogP contribution < -0.4 is 0 Å². The van der Waals surface area contributed by atoms with Gasteiger partial charge in [0.05, 0.1) is 0 Å². The molecule has 0 bridgehead atoms. The van der Waals surface area contributed by atoms with E-state index in [4.69, 9.17) is 33.4 Å². The van der Waals surface area contributed by atoms with E-state index in [0.717, 1.165) is 0 Å². The second-order valence-electron chi connectivity index (χ2n) is 1.98. The summed E-state index contributed by atoms with van der Waals surface area (Å²) in [5, 5.41) is 16.3. The van der Waals surface area contributed by atoms with E-state index in [1.54, 1.807) is 0 Å². The molecule has 1 aliphatic carbocycles. The SMILES string of the molecule is O=C1C(O)=C(Cl)C(=O)C(O)=C1Cl.[Ag]. The van der Waals surface area contributed by atoms with E-state index in [-0.39, 0.29) is 22.4 Å². The van der Waals surface area contributed by atoms with Gasteiger partial charge in [0, 0.05) is 22.4 Å². The predicted molar refractivity (Wildman–Crippen MR) is 41.0 cm³/mol. The van der Waals surface area contributed by atoms with Crippen molar-refractivity contribution in [2.45, 2.75) is 0 Å². The average Bonchev–Trinajstić information content (AvgIpc) is 2.08. The topological polar surface area (TPSA) is 74.6 Å². The molecule has 0 amide bonds. The first-order chi connectivity index (χ1) is 5.46. The van der Waals surface area contributed by atoms with E-state index in [0.29, 0.717) is 0 Å². The Morgan fingerprint density at radius 3 is 1.31 bits per heavy atom. The molecule has 0 aromatic rings. The first kappa shape index (κ1) is 12.7. The smallest absolute Gasteiger partial charge is 0.244 e. The van der Waals surface area contributed by atoms with Crippen molar-refractivity contribution in [1.29, 1.82) is 0 Å². The van der Waals surface area contributed by atoms with Crippen LogP contribution in [-0.4, -0.2) is 21.8 Å². The summed E-state index contributed by atoms with van der Waals surface area (Å²) in [4.78, 5) is 21.6. The maximum Gasteiger partial charge on any atom is 0.244 e. The van der Waals surface area contributed by atoms with E-state index in [1.807, 2.05) is 0 Å². The Labute approximate surface area is 98.3 Å². The Kier molecular flexibility index (Phi) is 4.22. The van der Waals surface area contributed by atoms with Gasteiger partial charge in [-0.1, -0.05) is 23.2 Å². The molecule has 13 heavy (non-hydrogen) atoms. The molecular formula is C6H2AgCl2O4. The zero-order valence-electron chi connectivity index (χ0n) is 5.77. The minimum atomic E-state index is -1.06. The maximum atomic E-state index is 10.8. The van der Waals surface area contributed by atoms with E-state index in [9.17, 15) is 9.59 Å². The van der Waals surface area contributed by atoms with Crippen LogP contribution in [-0.2, 0) is 32.0 Å². The van der Waals surface area contributed by atoms with Gasteiger partial charge in [-0.25, -0.2) is 0 Å². The Morgan fingerprint density at radius 1 is 0.846 bits per heavy atom. The van der Waals surface area contributed by atoms with Crippen LogP contribution in [0.25, 0.3) is 0 Å². The average molecular weight is 317 g/mol. The van der Waals surface area contributed by atoms with Gasteiger partial charge in [-0.3, -0.25) is 9.59 Å². The quantitative estimate of drug-likeness (QED) is 0.519. The molecule has 0 aliphatic heterocycles. The molecule has 0 aromatic carbocycles. The van der Waals surface area contributed by atoms with E-state index in [2.05, 4.69) is 0 Å². The molecule has 1 aliphatic rings. The normalized spacial score (nSPS) is 17.7. The molecule has 4 nitrogen and oxygen atoms in total. The third-order valence-electron chi connectivity index (χ3n) is 1.24. The molecule has 0 atom stereocenters. The van der Waals surface area contributed by atoms with Crippen LogP contribution in [0.1, 0.15) is 0 Å². The van der Waals surface area contributed by atoms with Crippen molar-refractivity contribution < 1.29 is 42.2 Å². The molecule has 7 heteroatoms. The number of halogens is 2. The maximum absolute atomic E-state index is 10.8. The van der Waals surface area contributed by atoms with Gasteiger partial charge < -0.3 is 10.2 Å². The number of ketones is 2. The van der Waals surface area contributed by atoms with Gasteiger partial charge in [0.2, 0.25) is 11.6 Å². The molecule has 0 fully saturated rings. The van der Waals surface area contributed by atoms with Crippen molar-refractivity contribution in [2.75, 3.05) is 0 Å². The number of hydrogen-bond acceptors (Lipinski definition) is 4. The second kappa shape index (κ2) is 4.30. The zero-order chi connectivity index (χ0) is 9.46. The summed E-state index contributed by atoms with van der Waals surface area (Å²) in [6, 6.07) is 0. The van der Waals surface area contributed by atoms with Crippen molar-refractivity contribution in [3.63, 3.8) is 0 Å². The van der Waals surface area contributed by atoms with Crippen LogP contribution in [0, 0.1) is 0 Å². The van der Waals surface area contributed by atoms with Gasteiger partial charge in [-0.15, -0.1) is 0 Å². The van der Waals surface area contributed by atoms with Gasteiger partial charge >= 0.3 is 0 Å². The number of aliphatic hydroxyl groups excluding tert-OH is 2. The fourth-order valence-corrected chi connectivity index (χ4v) is 0.973. The Balaban J connectivity index is 0.00000144. The summed E-state index contributed by atoms with van der Waals surface area (Å²) in [6.07, 6.45) is 0. The van der Waals surface area contributed by atoms with Crippen molar-refractivity contribution in [3.05, 3.63) is 21.6 Å². The summed E-state index contributed by atoms with van der Waals surface area (Å²) in [7, 11) is 0. The first-order valence-corrected chi connectivity index (χ1v) is 3.49. The molecule has 75 valence electrons. The number of rotatable bonds is 0. The fourth-order valence-electron chi connectivity index (χ4n) is 0.622. The Morgan fingerprint density at radius 2 is 1.08 bits per heavy atom. The van der Waals surface area contributed by atoms with Crippen LogP contribution in [0.15, 0.2) is 21.6 Å². The fraction of sp³-hybridized carbons (Fsp3) is 0. The summed E-state index contributed by atoms with van der Waals surface area (Å²) < 4.78 is 0. The van der Waals surface area contributed by atoms with Crippen LogP contribution >= 0.6 is 23.2 Å². The van der Waals surface area contributed by atoms with Gasteiger partial charge in [-0.2, -0.15) is 0 Å². The standard InChI is InChI=1S/C6H2Cl2O4.Ag/c7-1-3(9)5(11)2(8)6(12)4(1)10;/h9,12H;. The number of Topliss-reactive ketones (excluding diaryl/α,β-unsaturated/α-hetero) is 2. The van der Waals surface area contributed by atoms with Gasteiger partial charge in [0.1, 0.15) is 10.1 Å². The van der Waals surface area contributed by atoms with E-state index >= 15 is 0 Å². The van der Waals surface area contributed by atoms with Crippen molar-refractivity contribution in [3.8, 4) is 0 Å². The molecule has 0 saturated heterocycles. The van der Waals surface area contributed by atoms with Crippen molar-refractivity contribution >= 4 is 34.8 Å². The number of carbonyl (C=O) groups excluding carboxylic acids is 2. The van der Waals surface area contributed by atoms with Crippen LogP contribution in [0.4, 0.5) is 0 Å². The molecule has 1 radical (unpaired) electrons. The summed E-state index contributed by atoms with van der Waals surface area (Å²) in [5.74, 6) is -3.99. The van der Waals surface area contributed by atoms with Crippen molar-refractivity contribution in [1.82, 2.24) is 0 Å². The minimum Gasteiger partial charge on any atom is -0.503 e. The van der Waals surface area contributed by atoms with Crippen LogP contribution in [0.2, 0.25) is 0 Å². The molecule has 0 saturated carbocycles. The summed E-state index contributed by atoms with van der Waals surface area (Å²) in [6.45, 7) is 0. The Bertz CT molecular complexity index is 283. The van der Waals surface area contributed by atoms with Crippen LogP contribution in [0.5, 0.6) is 0 Å². The Hall–Kier alpha value is -0.260. The molecule has 0 unspecified atom stereocenters. The number of carbonyl (C=O) groups is 2. The van der Waals surface area contributed by atoms with Crippen molar-refractivity contribution in [2.24, 2.45) is 0 Å². The number of allylic oxidation sites excluding steroid dienone is 2. The zero-order valence-corrected chi connectivity index (χ0v) is 8.76. The molecule has 0 spiro atoms. The van der Waals surface area contributed by atoms with Crippen LogP contribution in [0.3, 0.4) is 0 Å². The first-order valence-electron chi connectivity index (χ1n) is 2.73. The summed E-state index contributed by atoms with van der Waals surface area (Å²) in [5.41, 5.74) is 0. The van der Waals surface area contributed by atoms with Gasteiger partial charge in [0.15, 0.2) is 11.5 Å². The third kappa shape index (κ3) is 1.98. The van der Waals surface area contributed by atoms with E-state index in [1.165, 1.54) is 0 Å². The number of aliphatic hydroxyl groups is 2. The second-order valence-corrected chi connectivity index (χ2v) is 2.74. The third-order valence-corrected chi connectivity index (χ3v) is 1.95. The molecule has 1 rings (SSSR count). The van der Waals surface area contributed by atoms with Gasteiger partial charge in [-0.05, 0) is 0 Å². The molecular weight excluding hydrogens is 315 g/mol. The largest absolute Gasteiger partial charge is 0.503 e. The summed E-state index contributed by atoms with van der Waals surface area (Å²) >= 11 is 10.4. The monoisotopic (exact) mass is 315 g/mol.